The molecule has 5 nitrogen and oxygen atoms in total. The molecule has 0 bridgehead atoms. The van der Waals surface area contributed by atoms with Gasteiger partial charge in [0.15, 0.2) is 0 Å². The number of morpholine rings is 1. The van der Waals surface area contributed by atoms with Crippen LogP contribution < -0.4 is 5.32 Å². The maximum Gasteiger partial charge on any atom is 0.234 e. The van der Waals surface area contributed by atoms with E-state index in [-0.39, 0.29) is 18.6 Å². The Balaban J connectivity index is 1.65. The van der Waals surface area contributed by atoms with Gasteiger partial charge in [-0.05, 0) is 12.0 Å². The smallest absolute Gasteiger partial charge is 0.234 e. The lowest BCUT2D eigenvalue weighted by Crippen LogP contribution is -2.48. The average Bonchev–Trinajstić information content (AvgIpc) is 2.48. The zero-order valence-electron chi connectivity index (χ0n) is 11.6. The van der Waals surface area contributed by atoms with Gasteiger partial charge in [0.2, 0.25) is 5.91 Å². The molecule has 5 heteroatoms. The van der Waals surface area contributed by atoms with E-state index in [9.17, 15) is 4.79 Å². The van der Waals surface area contributed by atoms with E-state index in [1.165, 1.54) is 5.56 Å². The van der Waals surface area contributed by atoms with Crippen molar-refractivity contribution >= 4 is 5.91 Å². The lowest BCUT2D eigenvalue weighted by molar-refractivity contribution is -0.124. The number of aliphatic hydroxyl groups is 1. The summed E-state index contributed by atoms with van der Waals surface area (Å²) in [6.07, 6.45) is 0.676. The van der Waals surface area contributed by atoms with E-state index >= 15 is 0 Å². The van der Waals surface area contributed by atoms with Crippen LogP contribution in [0.2, 0.25) is 0 Å². The zero-order valence-corrected chi connectivity index (χ0v) is 11.6. The molecule has 1 aromatic carbocycles. The molecule has 1 heterocycles. The summed E-state index contributed by atoms with van der Waals surface area (Å²) in [6.45, 7) is 2.95. The molecule has 1 aliphatic rings. The molecule has 0 aliphatic carbocycles. The highest BCUT2D eigenvalue weighted by molar-refractivity contribution is 5.78. The second kappa shape index (κ2) is 7.99. The molecule has 1 amide bonds. The number of hydrogen-bond acceptors (Lipinski definition) is 4. The number of benzene rings is 1. The van der Waals surface area contributed by atoms with Gasteiger partial charge >= 0.3 is 0 Å². The molecule has 1 atom stereocenters. The minimum atomic E-state index is -0.166. The molecule has 2 rings (SSSR count). The fourth-order valence-electron chi connectivity index (χ4n) is 2.28. The summed E-state index contributed by atoms with van der Waals surface area (Å²) in [7, 11) is 0. The van der Waals surface area contributed by atoms with Crippen LogP contribution in [0, 0.1) is 0 Å². The van der Waals surface area contributed by atoms with Crippen LogP contribution in [-0.4, -0.2) is 61.4 Å². The molecule has 1 unspecified atom stereocenters. The van der Waals surface area contributed by atoms with E-state index in [2.05, 4.69) is 17.4 Å². The Hall–Kier alpha value is -1.43. The van der Waals surface area contributed by atoms with Gasteiger partial charge in [0.25, 0.3) is 0 Å². The first-order valence-electron chi connectivity index (χ1n) is 7.03. The highest BCUT2D eigenvalue weighted by atomic mass is 16.5. The van der Waals surface area contributed by atoms with Gasteiger partial charge < -0.3 is 15.2 Å². The van der Waals surface area contributed by atoms with E-state index in [0.717, 1.165) is 13.0 Å². The van der Waals surface area contributed by atoms with Gasteiger partial charge in [-0.1, -0.05) is 30.3 Å². The third-order valence-corrected chi connectivity index (χ3v) is 3.37. The van der Waals surface area contributed by atoms with Gasteiger partial charge in [0.1, 0.15) is 0 Å². The van der Waals surface area contributed by atoms with E-state index in [4.69, 9.17) is 9.84 Å². The first-order chi connectivity index (χ1) is 9.78. The normalized spacial score (nSPS) is 19.8. The Morgan fingerprint density at radius 2 is 2.20 bits per heavy atom. The van der Waals surface area contributed by atoms with Gasteiger partial charge in [-0.3, -0.25) is 9.69 Å². The molecule has 0 radical (unpaired) electrons. The molecule has 1 aliphatic heterocycles. The zero-order chi connectivity index (χ0) is 14.2. The Labute approximate surface area is 119 Å². The molecular weight excluding hydrogens is 256 g/mol. The molecule has 0 spiro atoms. The summed E-state index contributed by atoms with van der Waals surface area (Å²) in [5, 5.41) is 12.0. The number of carbonyl (C=O) groups excluding carboxylic acids is 1. The molecule has 110 valence electrons. The van der Waals surface area contributed by atoms with Gasteiger partial charge in [-0.2, -0.15) is 0 Å². The quantitative estimate of drug-likeness (QED) is 0.771. The minimum absolute atomic E-state index is 0.00608. The largest absolute Gasteiger partial charge is 0.394 e. The average molecular weight is 278 g/mol. The monoisotopic (exact) mass is 278 g/mol. The molecule has 0 saturated carbocycles. The van der Waals surface area contributed by atoms with Crippen molar-refractivity contribution in [2.24, 2.45) is 0 Å². The summed E-state index contributed by atoms with van der Waals surface area (Å²) in [6, 6.07) is 10.1. The van der Waals surface area contributed by atoms with Crippen molar-refractivity contribution < 1.29 is 14.6 Å². The summed E-state index contributed by atoms with van der Waals surface area (Å²) in [5.41, 5.74) is 1.22. The van der Waals surface area contributed by atoms with Crippen molar-refractivity contribution in [2.45, 2.75) is 12.5 Å². The number of aliphatic hydroxyl groups excluding tert-OH is 1. The number of rotatable bonds is 6. The summed E-state index contributed by atoms with van der Waals surface area (Å²) >= 11 is 0. The van der Waals surface area contributed by atoms with E-state index in [0.29, 0.717) is 26.2 Å². The maximum atomic E-state index is 11.8. The second-order valence-electron chi connectivity index (χ2n) is 5.00. The first kappa shape index (κ1) is 15.0. The third kappa shape index (κ3) is 4.92. The standard InChI is InChI=1S/C15H22N2O3/c18-12-14-10-17(8-9-20-14)11-15(19)16-7-6-13-4-2-1-3-5-13/h1-5,14,18H,6-12H2,(H,16,19). The van der Waals surface area contributed by atoms with E-state index in [1.54, 1.807) is 0 Å². The van der Waals surface area contributed by atoms with Crippen LogP contribution in [0.3, 0.4) is 0 Å². The van der Waals surface area contributed by atoms with Crippen LogP contribution in [0.25, 0.3) is 0 Å². The van der Waals surface area contributed by atoms with Gasteiger partial charge in [-0.25, -0.2) is 0 Å². The van der Waals surface area contributed by atoms with Crippen LogP contribution in [0.15, 0.2) is 30.3 Å². The number of ether oxygens (including phenoxy) is 1. The number of nitrogens with one attached hydrogen (secondary N) is 1. The summed E-state index contributed by atoms with van der Waals surface area (Å²) in [5.74, 6) is 0.0273. The molecule has 2 N–H and O–H groups in total. The summed E-state index contributed by atoms with van der Waals surface area (Å²) < 4.78 is 5.35. The Morgan fingerprint density at radius 3 is 2.95 bits per heavy atom. The van der Waals surface area contributed by atoms with Crippen molar-refractivity contribution in [3.8, 4) is 0 Å². The summed E-state index contributed by atoms with van der Waals surface area (Å²) in [4.78, 5) is 13.9. The maximum absolute atomic E-state index is 11.8. The van der Waals surface area contributed by atoms with Crippen molar-refractivity contribution in [3.63, 3.8) is 0 Å². The number of nitrogens with zero attached hydrogens (tertiary/aromatic N) is 1. The SMILES string of the molecule is O=C(CN1CCOC(CO)C1)NCCc1ccccc1. The molecule has 1 saturated heterocycles. The highest BCUT2D eigenvalue weighted by Crippen LogP contribution is 2.04. The van der Waals surface area contributed by atoms with Gasteiger partial charge in [0, 0.05) is 19.6 Å². The highest BCUT2D eigenvalue weighted by Gasteiger charge is 2.21. The number of hydrogen-bond donors (Lipinski definition) is 2. The van der Waals surface area contributed by atoms with E-state index < -0.39 is 0 Å². The lowest BCUT2D eigenvalue weighted by atomic mass is 10.1. The van der Waals surface area contributed by atoms with Gasteiger partial charge in [0.05, 0.1) is 25.9 Å². The number of amides is 1. The predicted octanol–water partition coefficient (Wildman–Crippen LogP) is 0.0384. The molecular formula is C15H22N2O3. The fraction of sp³-hybridized carbons (Fsp3) is 0.533. The van der Waals surface area contributed by atoms with Crippen molar-refractivity contribution in [1.29, 1.82) is 0 Å². The Bertz CT molecular complexity index is 411. The van der Waals surface area contributed by atoms with Crippen LogP contribution in [0.4, 0.5) is 0 Å². The van der Waals surface area contributed by atoms with Crippen LogP contribution in [0.5, 0.6) is 0 Å². The molecule has 20 heavy (non-hydrogen) atoms. The van der Waals surface area contributed by atoms with Crippen molar-refractivity contribution in [1.82, 2.24) is 10.2 Å². The van der Waals surface area contributed by atoms with Crippen molar-refractivity contribution in [3.05, 3.63) is 35.9 Å². The Kier molecular flexibility index (Phi) is 5.98. The molecule has 1 fully saturated rings. The fourth-order valence-corrected chi connectivity index (χ4v) is 2.28. The lowest BCUT2D eigenvalue weighted by Gasteiger charge is -2.31. The van der Waals surface area contributed by atoms with Crippen LogP contribution in [0.1, 0.15) is 5.56 Å². The number of carbonyl (C=O) groups is 1. The van der Waals surface area contributed by atoms with Crippen molar-refractivity contribution in [2.75, 3.05) is 39.4 Å². The predicted molar refractivity (Wildman–Crippen MR) is 76.4 cm³/mol. The van der Waals surface area contributed by atoms with E-state index in [1.807, 2.05) is 23.1 Å². The van der Waals surface area contributed by atoms with Gasteiger partial charge in [-0.15, -0.1) is 0 Å². The van der Waals surface area contributed by atoms with Crippen LogP contribution in [-0.2, 0) is 16.0 Å². The molecule has 1 aromatic rings. The minimum Gasteiger partial charge on any atom is -0.394 e. The first-order valence-corrected chi connectivity index (χ1v) is 7.03. The van der Waals surface area contributed by atoms with Crippen LogP contribution >= 0.6 is 0 Å². The molecule has 0 aromatic heterocycles. The Morgan fingerprint density at radius 1 is 1.40 bits per heavy atom. The second-order valence-corrected chi connectivity index (χ2v) is 5.00. The topological polar surface area (TPSA) is 61.8 Å². The third-order valence-electron chi connectivity index (χ3n) is 3.37.